The normalized spacial score (nSPS) is 18.1. The zero-order chi connectivity index (χ0) is 17.3. The van der Waals surface area contributed by atoms with Crippen molar-refractivity contribution in [2.24, 2.45) is 7.05 Å². The highest BCUT2D eigenvalue weighted by Gasteiger charge is 2.26. The van der Waals surface area contributed by atoms with Crippen LogP contribution in [-0.4, -0.2) is 39.7 Å². The van der Waals surface area contributed by atoms with E-state index in [1.807, 2.05) is 18.7 Å². The maximum absolute atomic E-state index is 13.9. The molecule has 0 spiro atoms. The minimum absolute atomic E-state index is 0.000640. The lowest BCUT2D eigenvalue weighted by atomic mass is 10.1. The molecule has 1 aromatic carbocycles. The van der Waals surface area contributed by atoms with E-state index in [2.05, 4.69) is 21.4 Å². The Morgan fingerprint density at radius 3 is 3.00 bits per heavy atom. The summed E-state index contributed by atoms with van der Waals surface area (Å²) in [5.74, 6) is -1.09. The van der Waals surface area contributed by atoms with E-state index in [-0.39, 0.29) is 16.6 Å². The number of benzene rings is 1. The molecule has 1 aliphatic rings. The van der Waals surface area contributed by atoms with Crippen molar-refractivity contribution in [3.8, 4) is 0 Å². The SMILES string of the molecule is Cc1cc(CN2CC[C@@H](NC(=O)c3cccc(Cl)c3F)C2)nn1C. The van der Waals surface area contributed by atoms with Crippen molar-refractivity contribution in [2.75, 3.05) is 13.1 Å². The summed E-state index contributed by atoms with van der Waals surface area (Å²) < 4.78 is 15.8. The summed E-state index contributed by atoms with van der Waals surface area (Å²) in [6.45, 7) is 4.37. The molecule has 0 aliphatic carbocycles. The minimum Gasteiger partial charge on any atom is -0.348 e. The molecular formula is C17H20ClFN4O. The van der Waals surface area contributed by atoms with E-state index in [1.165, 1.54) is 12.1 Å². The van der Waals surface area contributed by atoms with Crippen molar-refractivity contribution in [1.82, 2.24) is 20.0 Å². The van der Waals surface area contributed by atoms with Gasteiger partial charge in [0.2, 0.25) is 0 Å². The van der Waals surface area contributed by atoms with E-state index in [1.54, 1.807) is 6.07 Å². The highest BCUT2D eigenvalue weighted by molar-refractivity contribution is 6.31. The molecule has 0 saturated carbocycles. The molecule has 3 rings (SSSR count). The van der Waals surface area contributed by atoms with Gasteiger partial charge < -0.3 is 5.32 Å². The number of carbonyl (C=O) groups excluding carboxylic acids is 1. The minimum atomic E-state index is -0.671. The third-order valence-corrected chi connectivity index (χ3v) is 4.65. The second-order valence-electron chi connectivity index (χ2n) is 6.20. The number of rotatable bonds is 4. The molecule has 0 radical (unpaired) electrons. The molecule has 1 fully saturated rings. The summed E-state index contributed by atoms with van der Waals surface area (Å²) in [4.78, 5) is 14.5. The van der Waals surface area contributed by atoms with Gasteiger partial charge in [-0.05, 0) is 31.5 Å². The first kappa shape index (κ1) is 16.9. The van der Waals surface area contributed by atoms with Gasteiger partial charge in [0.1, 0.15) is 0 Å². The van der Waals surface area contributed by atoms with Gasteiger partial charge in [-0.2, -0.15) is 5.10 Å². The number of aromatic nitrogens is 2. The molecule has 2 heterocycles. The van der Waals surface area contributed by atoms with Crippen molar-refractivity contribution < 1.29 is 9.18 Å². The quantitative estimate of drug-likeness (QED) is 0.921. The second kappa shape index (κ2) is 6.91. The van der Waals surface area contributed by atoms with E-state index in [0.717, 1.165) is 37.4 Å². The predicted octanol–water partition coefficient (Wildman–Crippen LogP) is 2.53. The molecule has 1 aromatic heterocycles. The Hall–Kier alpha value is -1.92. The zero-order valence-corrected chi connectivity index (χ0v) is 14.5. The summed E-state index contributed by atoms with van der Waals surface area (Å²) in [5, 5.41) is 7.30. The number of carbonyl (C=O) groups is 1. The van der Waals surface area contributed by atoms with Crippen molar-refractivity contribution in [1.29, 1.82) is 0 Å². The second-order valence-corrected chi connectivity index (χ2v) is 6.60. The van der Waals surface area contributed by atoms with Crippen LogP contribution in [0.1, 0.15) is 28.2 Å². The molecule has 1 N–H and O–H groups in total. The smallest absolute Gasteiger partial charge is 0.254 e. The lowest BCUT2D eigenvalue weighted by molar-refractivity contribution is 0.0933. The molecule has 128 valence electrons. The molecule has 1 saturated heterocycles. The molecule has 1 aliphatic heterocycles. The Balaban J connectivity index is 1.58. The van der Waals surface area contributed by atoms with Crippen LogP contribution in [0.25, 0.3) is 0 Å². The fraction of sp³-hybridized carbons (Fsp3) is 0.412. The van der Waals surface area contributed by atoms with Crippen LogP contribution < -0.4 is 5.32 Å². The topological polar surface area (TPSA) is 50.2 Å². The van der Waals surface area contributed by atoms with Gasteiger partial charge in [-0.1, -0.05) is 17.7 Å². The average Bonchev–Trinajstić information content (AvgIpc) is 3.09. The maximum Gasteiger partial charge on any atom is 0.254 e. The van der Waals surface area contributed by atoms with Gasteiger partial charge in [-0.25, -0.2) is 4.39 Å². The number of likely N-dealkylation sites (tertiary alicyclic amines) is 1. The Morgan fingerprint density at radius 2 is 2.29 bits per heavy atom. The van der Waals surface area contributed by atoms with Gasteiger partial charge in [0.05, 0.1) is 16.3 Å². The first-order valence-corrected chi connectivity index (χ1v) is 8.28. The summed E-state index contributed by atoms with van der Waals surface area (Å²) >= 11 is 5.73. The average molecular weight is 351 g/mol. The third kappa shape index (κ3) is 3.60. The van der Waals surface area contributed by atoms with Crippen molar-refractivity contribution in [3.05, 3.63) is 52.1 Å². The Kier molecular flexibility index (Phi) is 4.87. The van der Waals surface area contributed by atoms with Gasteiger partial charge in [-0.3, -0.25) is 14.4 Å². The molecule has 1 atom stereocenters. The van der Waals surface area contributed by atoms with Gasteiger partial charge in [-0.15, -0.1) is 0 Å². The van der Waals surface area contributed by atoms with E-state index in [9.17, 15) is 9.18 Å². The number of nitrogens with one attached hydrogen (secondary N) is 1. The van der Waals surface area contributed by atoms with Gasteiger partial charge in [0.15, 0.2) is 5.82 Å². The third-order valence-electron chi connectivity index (χ3n) is 4.35. The van der Waals surface area contributed by atoms with Crippen LogP contribution in [-0.2, 0) is 13.6 Å². The zero-order valence-electron chi connectivity index (χ0n) is 13.7. The van der Waals surface area contributed by atoms with Crippen LogP contribution in [0.5, 0.6) is 0 Å². The number of hydrogen-bond acceptors (Lipinski definition) is 3. The molecular weight excluding hydrogens is 331 g/mol. The lowest BCUT2D eigenvalue weighted by Crippen LogP contribution is -2.37. The monoisotopic (exact) mass is 350 g/mol. The lowest BCUT2D eigenvalue weighted by Gasteiger charge is -2.16. The molecule has 7 heteroatoms. The molecule has 0 unspecified atom stereocenters. The van der Waals surface area contributed by atoms with Gasteiger partial charge in [0.25, 0.3) is 5.91 Å². The van der Waals surface area contributed by atoms with Crippen molar-refractivity contribution in [2.45, 2.75) is 25.9 Å². The standard InChI is InChI=1S/C17H20ClFN4O/c1-11-8-13(21-22(11)2)10-23-7-6-12(9-23)20-17(24)14-4-3-5-15(18)16(14)19/h3-5,8,12H,6-7,9-10H2,1-2H3,(H,20,24)/t12-/m1/s1. The van der Waals surface area contributed by atoms with E-state index >= 15 is 0 Å². The predicted molar refractivity (Wildman–Crippen MR) is 90.5 cm³/mol. The Labute approximate surface area is 145 Å². The van der Waals surface area contributed by atoms with Crippen LogP contribution in [0.15, 0.2) is 24.3 Å². The van der Waals surface area contributed by atoms with Crippen LogP contribution in [0.2, 0.25) is 5.02 Å². The number of hydrogen-bond donors (Lipinski definition) is 1. The van der Waals surface area contributed by atoms with E-state index in [4.69, 9.17) is 11.6 Å². The molecule has 1 amide bonds. The highest BCUT2D eigenvalue weighted by atomic mass is 35.5. The van der Waals surface area contributed by atoms with Gasteiger partial charge >= 0.3 is 0 Å². The Morgan fingerprint density at radius 1 is 1.50 bits per heavy atom. The number of nitrogens with zero attached hydrogens (tertiary/aromatic N) is 3. The molecule has 2 aromatic rings. The van der Waals surface area contributed by atoms with Crippen molar-refractivity contribution in [3.63, 3.8) is 0 Å². The largest absolute Gasteiger partial charge is 0.348 e. The summed E-state index contributed by atoms with van der Waals surface area (Å²) in [6, 6.07) is 6.51. The molecule has 5 nitrogen and oxygen atoms in total. The fourth-order valence-electron chi connectivity index (χ4n) is 2.98. The number of halogens is 2. The first-order valence-electron chi connectivity index (χ1n) is 7.91. The summed E-state index contributed by atoms with van der Waals surface area (Å²) in [7, 11) is 1.92. The molecule has 0 bridgehead atoms. The Bertz CT molecular complexity index is 742. The first-order chi connectivity index (χ1) is 11.4. The summed E-state index contributed by atoms with van der Waals surface area (Å²) in [6.07, 6.45) is 0.833. The van der Waals surface area contributed by atoms with Crippen molar-refractivity contribution >= 4 is 17.5 Å². The van der Waals surface area contributed by atoms with Crippen LogP contribution in [0.4, 0.5) is 4.39 Å². The fourth-order valence-corrected chi connectivity index (χ4v) is 3.15. The van der Waals surface area contributed by atoms with E-state index < -0.39 is 11.7 Å². The van der Waals surface area contributed by atoms with E-state index in [0.29, 0.717) is 0 Å². The maximum atomic E-state index is 13.9. The van der Waals surface area contributed by atoms with Crippen LogP contribution in [0, 0.1) is 12.7 Å². The molecule has 24 heavy (non-hydrogen) atoms. The number of aryl methyl sites for hydroxylation is 2. The summed E-state index contributed by atoms with van der Waals surface area (Å²) in [5.41, 5.74) is 2.12. The highest BCUT2D eigenvalue weighted by Crippen LogP contribution is 2.19. The number of amides is 1. The van der Waals surface area contributed by atoms with Crippen LogP contribution >= 0.6 is 11.6 Å². The van der Waals surface area contributed by atoms with Crippen LogP contribution in [0.3, 0.4) is 0 Å². The van der Waals surface area contributed by atoms with Gasteiger partial charge in [0, 0.05) is 38.4 Å².